The fourth-order valence-corrected chi connectivity index (χ4v) is 2.88. The summed E-state index contributed by atoms with van der Waals surface area (Å²) in [6.45, 7) is 2.17. The zero-order chi connectivity index (χ0) is 20.6. The summed E-state index contributed by atoms with van der Waals surface area (Å²) in [6.07, 6.45) is 4.67. The van der Waals surface area contributed by atoms with Gasteiger partial charge in [0, 0.05) is 17.2 Å². The molecule has 3 aromatic rings. The van der Waals surface area contributed by atoms with Crippen LogP contribution in [-0.4, -0.2) is 17.0 Å². The van der Waals surface area contributed by atoms with Gasteiger partial charge in [-0.25, -0.2) is 4.79 Å². The van der Waals surface area contributed by atoms with Gasteiger partial charge >= 0.3 is 5.97 Å². The number of carboxylic acids is 1. The fraction of sp³-hybridized carbons (Fsp3) is 0.167. The molecule has 0 saturated heterocycles. The highest BCUT2D eigenvalue weighted by molar-refractivity contribution is 6.02. The van der Waals surface area contributed by atoms with Crippen LogP contribution in [0.1, 0.15) is 41.4 Å². The molecule has 0 spiro atoms. The first-order chi connectivity index (χ1) is 14.1. The molecule has 0 aliphatic heterocycles. The van der Waals surface area contributed by atoms with Crippen molar-refractivity contribution in [2.24, 2.45) is 0 Å². The largest absolute Gasteiger partial charge is 0.477 e. The molecule has 5 heteroatoms. The van der Waals surface area contributed by atoms with E-state index in [-0.39, 0.29) is 5.70 Å². The topological polar surface area (TPSA) is 79.5 Å². The maximum absolute atomic E-state index is 12.2. The first-order valence-electron chi connectivity index (χ1n) is 9.57. The lowest BCUT2D eigenvalue weighted by Crippen LogP contribution is -2.27. The van der Waals surface area contributed by atoms with E-state index in [4.69, 9.17) is 4.42 Å². The summed E-state index contributed by atoms with van der Waals surface area (Å²) in [5.74, 6) is -0.751. The van der Waals surface area contributed by atoms with Crippen molar-refractivity contribution in [1.82, 2.24) is 5.32 Å². The van der Waals surface area contributed by atoms with Crippen molar-refractivity contribution < 1.29 is 19.1 Å². The summed E-state index contributed by atoms with van der Waals surface area (Å²) in [5, 5.41) is 11.9. The van der Waals surface area contributed by atoms with Gasteiger partial charge in [-0.15, -0.1) is 0 Å². The van der Waals surface area contributed by atoms with Crippen molar-refractivity contribution in [3.63, 3.8) is 0 Å². The number of nitrogens with one attached hydrogen (secondary N) is 1. The molecule has 148 valence electrons. The fourth-order valence-electron chi connectivity index (χ4n) is 2.88. The number of amides is 1. The third kappa shape index (κ3) is 5.45. The van der Waals surface area contributed by atoms with Crippen molar-refractivity contribution >= 4 is 18.0 Å². The van der Waals surface area contributed by atoms with Crippen molar-refractivity contribution in [1.29, 1.82) is 0 Å². The maximum Gasteiger partial charge on any atom is 0.352 e. The highest BCUT2D eigenvalue weighted by atomic mass is 16.4. The van der Waals surface area contributed by atoms with Gasteiger partial charge in [0.2, 0.25) is 0 Å². The Morgan fingerprint density at radius 2 is 1.72 bits per heavy atom. The second-order valence-corrected chi connectivity index (χ2v) is 6.69. The quantitative estimate of drug-likeness (QED) is 0.523. The van der Waals surface area contributed by atoms with Crippen LogP contribution in [0.25, 0.3) is 17.4 Å². The number of unbranched alkanes of at least 4 members (excludes halogenated alkanes) is 1. The summed E-state index contributed by atoms with van der Waals surface area (Å²) in [7, 11) is 0. The Bertz CT molecular complexity index is 1000. The van der Waals surface area contributed by atoms with Gasteiger partial charge in [-0.3, -0.25) is 4.79 Å². The third-order valence-corrected chi connectivity index (χ3v) is 4.49. The Labute approximate surface area is 169 Å². The van der Waals surface area contributed by atoms with Crippen molar-refractivity contribution in [3.8, 4) is 11.3 Å². The molecule has 2 aromatic carbocycles. The lowest BCUT2D eigenvalue weighted by molar-refractivity contribution is -0.132. The highest BCUT2D eigenvalue weighted by Gasteiger charge is 2.14. The van der Waals surface area contributed by atoms with Gasteiger partial charge in [0.1, 0.15) is 17.2 Å². The van der Waals surface area contributed by atoms with Crippen LogP contribution in [0.5, 0.6) is 0 Å². The number of rotatable bonds is 8. The molecule has 5 nitrogen and oxygen atoms in total. The van der Waals surface area contributed by atoms with Gasteiger partial charge < -0.3 is 14.8 Å². The van der Waals surface area contributed by atoms with Gasteiger partial charge in [0.25, 0.3) is 5.91 Å². The van der Waals surface area contributed by atoms with Crippen LogP contribution in [0.4, 0.5) is 0 Å². The Morgan fingerprint density at radius 1 is 1.00 bits per heavy atom. The summed E-state index contributed by atoms with van der Waals surface area (Å²) in [4.78, 5) is 23.8. The molecule has 2 N–H and O–H groups in total. The molecule has 0 bridgehead atoms. The predicted octanol–water partition coefficient (Wildman–Crippen LogP) is 5.14. The van der Waals surface area contributed by atoms with Crippen LogP contribution in [0.15, 0.2) is 76.8 Å². The zero-order valence-corrected chi connectivity index (χ0v) is 16.2. The zero-order valence-electron chi connectivity index (χ0n) is 16.2. The number of hydrogen-bond acceptors (Lipinski definition) is 3. The summed E-state index contributed by atoms with van der Waals surface area (Å²) in [5.41, 5.74) is 2.31. The highest BCUT2D eigenvalue weighted by Crippen LogP contribution is 2.24. The number of furan rings is 1. The number of aliphatic carboxylic acids is 1. The molecule has 1 amide bonds. The number of aryl methyl sites for hydroxylation is 1. The summed E-state index contributed by atoms with van der Waals surface area (Å²) in [6, 6.07) is 20.0. The van der Waals surface area contributed by atoms with Gasteiger partial charge in [-0.2, -0.15) is 0 Å². The Balaban J connectivity index is 1.75. The van der Waals surface area contributed by atoms with E-state index in [1.807, 2.05) is 12.1 Å². The molecule has 29 heavy (non-hydrogen) atoms. The number of carboxylic acid groups (broad SMARTS) is 1. The Morgan fingerprint density at radius 3 is 2.38 bits per heavy atom. The van der Waals surface area contributed by atoms with E-state index in [1.54, 1.807) is 42.5 Å². The molecular weight excluding hydrogens is 366 g/mol. The monoisotopic (exact) mass is 389 g/mol. The number of carbonyl (C=O) groups excluding carboxylic acids is 1. The first-order valence-corrected chi connectivity index (χ1v) is 9.57. The molecule has 0 fully saturated rings. The van der Waals surface area contributed by atoms with E-state index >= 15 is 0 Å². The molecule has 0 aliphatic carbocycles. The van der Waals surface area contributed by atoms with Gasteiger partial charge in [0.15, 0.2) is 0 Å². The SMILES string of the molecule is CCCCc1ccc(-c2ccc(/C=C(\NC(=O)c3ccccc3)C(=O)O)o2)cc1. The smallest absolute Gasteiger partial charge is 0.352 e. The molecule has 1 heterocycles. The molecule has 0 radical (unpaired) electrons. The lowest BCUT2D eigenvalue weighted by Gasteiger charge is -2.05. The van der Waals surface area contributed by atoms with Crippen LogP contribution >= 0.6 is 0 Å². The molecule has 3 rings (SSSR count). The normalized spacial score (nSPS) is 11.3. The number of hydrogen-bond donors (Lipinski definition) is 2. The van der Waals surface area contributed by atoms with Crippen molar-refractivity contribution in [2.75, 3.05) is 0 Å². The lowest BCUT2D eigenvalue weighted by atomic mass is 10.1. The number of carbonyl (C=O) groups is 2. The second-order valence-electron chi connectivity index (χ2n) is 6.69. The van der Waals surface area contributed by atoms with E-state index in [9.17, 15) is 14.7 Å². The van der Waals surface area contributed by atoms with E-state index in [0.717, 1.165) is 24.8 Å². The van der Waals surface area contributed by atoms with Gasteiger partial charge in [-0.05, 0) is 42.7 Å². The summed E-state index contributed by atoms with van der Waals surface area (Å²) >= 11 is 0. The van der Waals surface area contributed by atoms with Crippen LogP contribution < -0.4 is 5.32 Å². The Hall–Kier alpha value is -3.60. The molecule has 0 saturated carbocycles. The van der Waals surface area contributed by atoms with Crippen LogP contribution in [-0.2, 0) is 11.2 Å². The molecular formula is C24H23NO4. The van der Waals surface area contributed by atoms with Crippen molar-refractivity contribution in [2.45, 2.75) is 26.2 Å². The molecule has 0 atom stereocenters. The Kier molecular flexibility index (Phi) is 6.63. The maximum atomic E-state index is 12.2. The van der Waals surface area contributed by atoms with Crippen LogP contribution in [0.2, 0.25) is 0 Å². The van der Waals surface area contributed by atoms with Crippen molar-refractivity contribution in [3.05, 3.63) is 89.3 Å². The molecule has 1 aromatic heterocycles. The predicted molar refractivity (Wildman–Crippen MR) is 112 cm³/mol. The van der Waals surface area contributed by atoms with E-state index in [0.29, 0.717) is 17.1 Å². The average Bonchev–Trinajstić information content (AvgIpc) is 3.21. The van der Waals surface area contributed by atoms with Gasteiger partial charge in [-0.1, -0.05) is 55.8 Å². The minimum atomic E-state index is -1.24. The molecule has 0 aliphatic rings. The van der Waals surface area contributed by atoms with E-state index in [2.05, 4.69) is 24.4 Å². The minimum absolute atomic E-state index is 0.255. The van der Waals surface area contributed by atoms with Crippen LogP contribution in [0.3, 0.4) is 0 Å². The third-order valence-electron chi connectivity index (χ3n) is 4.49. The number of benzene rings is 2. The minimum Gasteiger partial charge on any atom is -0.477 e. The van der Waals surface area contributed by atoms with E-state index < -0.39 is 11.9 Å². The summed E-state index contributed by atoms with van der Waals surface area (Å²) < 4.78 is 5.77. The molecule has 0 unspecified atom stereocenters. The average molecular weight is 389 g/mol. The first kappa shape index (κ1) is 20.1. The van der Waals surface area contributed by atoms with Crippen LogP contribution in [0, 0.1) is 0 Å². The van der Waals surface area contributed by atoms with Gasteiger partial charge in [0.05, 0.1) is 0 Å². The second kappa shape index (κ2) is 9.55. The van der Waals surface area contributed by atoms with E-state index in [1.165, 1.54) is 11.6 Å². The standard InChI is InChI=1S/C24H23NO4/c1-2-3-7-17-10-12-18(13-11-17)22-15-14-20(29-22)16-21(24(27)28)25-23(26)19-8-5-4-6-9-19/h4-6,8-16H,2-3,7H2,1H3,(H,25,26)(H,27,28)/b21-16-.